The standard InChI is InChI=1S/C20H22N2O4S2/c1-16-9-12-21(13-10-16)27(23,24)19-7-8-20-17(15-19)11-14-22(20)28(25,26)18-5-3-2-4-6-18/h2-8,11,14-16H,9-10,12-13H2,1H3. The molecule has 0 bridgehead atoms. The summed E-state index contributed by atoms with van der Waals surface area (Å²) in [5.41, 5.74) is 0.454. The second-order valence-corrected chi connectivity index (χ2v) is 11.0. The first kappa shape index (κ1) is 19.2. The number of sulfonamides is 1. The summed E-state index contributed by atoms with van der Waals surface area (Å²) >= 11 is 0. The summed E-state index contributed by atoms with van der Waals surface area (Å²) in [5, 5.41) is 0.575. The molecule has 3 aromatic rings. The lowest BCUT2D eigenvalue weighted by Crippen LogP contribution is -2.37. The van der Waals surface area contributed by atoms with Crippen molar-refractivity contribution in [2.45, 2.75) is 29.6 Å². The third-order valence-electron chi connectivity index (χ3n) is 5.31. The maximum atomic E-state index is 13.0. The second-order valence-electron chi connectivity index (χ2n) is 7.24. The Labute approximate surface area is 165 Å². The molecule has 0 aliphatic carbocycles. The van der Waals surface area contributed by atoms with Crippen molar-refractivity contribution in [1.82, 2.24) is 8.28 Å². The van der Waals surface area contributed by atoms with Gasteiger partial charge in [-0.05, 0) is 55.2 Å². The summed E-state index contributed by atoms with van der Waals surface area (Å²) in [4.78, 5) is 0.385. The number of rotatable bonds is 4. The van der Waals surface area contributed by atoms with Crippen LogP contribution in [0.25, 0.3) is 10.9 Å². The second kappa shape index (κ2) is 7.02. The van der Waals surface area contributed by atoms with Crippen LogP contribution in [0.15, 0.2) is 70.6 Å². The highest BCUT2D eigenvalue weighted by atomic mass is 32.2. The monoisotopic (exact) mass is 418 g/mol. The largest absolute Gasteiger partial charge is 0.268 e. The third kappa shape index (κ3) is 3.25. The molecule has 148 valence electrons. The van der Waals surface area contributed by atoms with E-state index >= 15 is 0 Å². The molecule has 0 saturated carbocycles. The Morgan fingerprint density at radius 3 is 2.18 bits per heavy atom. The van der Waals surface area contributed by atoms with Crippen molar-refractivity contribution in [1.29, 1.82) is 0 Å². The fourth-order valence-electron chi connectivity index (χ4n) is 3.55. The van der Waals surface area contributed by atoms with Gasteiger partial charge in [-0.1, -0.05) is 25.1 Å². The van der Waals surface area contributed by atoms with E-state index in [4.69, 9.17) is 0 Å². The lowest BCUT2D eigenvalue weighted by Gasteiger charge is -2.29. The summed E-state index contributed by atoms with van der Waals surface area (Å²) in [5.74, 6) is 0.533. The zero-order chi connectivity index (χ0) is 19.9. The minimum absolute atomic E-state index is 0.187. The number of hydrogen-bond acceptors (Lipinski definition) is 4. The molecule has 0 atom stereocenters. The number of nitrogens with zero attached hydrogens (tertiary/aromatic N) is 2. The van der Waals surface area contributed by atoms with E-state index in [1.54, 1.807) is 36.4 Å². The van der Waals surface area contributed by atoms with Crippen LogP contribution < -0.4 is 0 Å². The maximum Gasteiger partial charge on any atom is 0.268 e. The van der Waals surface area contributed by atoms with Gasteiger partial charge in [0, 0.05) is 24.7 Å². The Balaban J connectivity index is 1.73. The Hall–Kier alpha value is -2.16. The molecule has 0 unspecified atom stereocenters. The molecule has 0 amide bonds. The number of benzene rings is 2. The molecule has 1 aliphatic heterocycles. The molecule has 0 spiro atoms. The molecule has 1 fully saturated rings. The van der Waals surface area contributed by atoms with E-state index in [0.717, 1.165) is 12.8 Å². The number of piperidine rings is 1. The SMILES string of the molecule is CC1CCN(S(=O)(=O)c2ccc3c(ccn3S(=O)(=O)c3ccccc3)c2)CC1. The molecule has 1 aliphatic rings. The third-order valence-corrected chi connectivity index (χ3v) is 8.91. The van der Waals surface area contributed by atoms with Crippen LogP contribution in [0.3, 0.4) is 0 Å². The fraction of sp³-hybridized carbons (Fsp3) is 0.300. The van der Waals surface area contributed by atoms with Gasteiger partial charge >= 0.3 is 0 Å². The van der Waals surface area contributed by atoms with Crippen LogP contribution in [0.4, 0.5) is 0 Å². The van der Waals surface area contributed by atoms with E-state index < -0.39 is 20.0 Å². The first-order valence-electron chi connectivity index (χ1n) is 9.22. The molecule has 8 heteroatoms. The quantitative estimate of drug-likeness (QED) is 0.651. The van der Waals surface area contributed by atoms with Crippen molar-refractivity contribution in [2.24, 2.45) is 5.92 Å². The molecule has 6 nitrogen and oxygen atoms in total. The number of fused-ring (bicyclic) bond motifs is 1. The van der Waals surface area contributed by atoms with E-state index in [-0.39, 0.29) is 9.79 Å². The number of hydrogen-bond donors (Lipinski definition) is 0. The minimum Gasteiger partial charge on any atom is -0.241 e. The minimum atomic E-state index is -3.74. The van der Waals surface area contributed by atoms with Gasteiger partial charge in [-0.3, -0.25) is 0 Å². The van der Waals surface area contributed by atoms with E-state index in [0.29, 0.717) is 29.9 Å². The van der Waals surface area contributed by atoms with Crippen LogP contribution in [-0.4, -0.2) is 38.2 Å². The van der Waals surface area contributed by atoms with Crippen LogP contribution in [0, 0.1) is 5.92 Å². The molecule has 2 aromatic carbocycles. The van der Waals surface area contributed by atoms with E-state index in [2.05, 4.69) is 6.92 Å². The highest BCUT2D eigenvalue weighted by Crippen LogP contribution is 2.28. The predicted molar refractivity (Wildman–Crippen MR) is 108 cm³/mol. The highest BCUT2D eigenvalue weighted by Gasteiger charge is 2.28. The summed E-state index contributed by atoms with van der Waals surface area (Å²) in [7, 11) is -7.32. The van der Waals surface area contributed by atoms with Gasteiger partial charge in [0.15, 0.2) is 0 Å². The van der Waals surface area contributed by atoms with Gasteiger partial charge in [0.05, 0.1) is 15.3 Å². The molecule has 4 rings (SSSR count). The van der Waals surface area contributed by atoms with Crippen molar-refractivity contribution in [3.8, 4) is 0 Å². The van der Waals surface area contributed by atoms with Gasteiger partial charge in [-0.25, -0.2) is 20.8 Å². The van der Waals surface area contributed by atoms with E-state index in [1.165, 1.54) is 32.7 Å². The van der Waals surface area contributed by atoms with Crippen LogP contribution >= 0.6 is 0 Å². The Kier molecular flexibility index (Phi) is 4.81. The molecule has 0 radical (unpaired) electrons. The van der Waals surface area contributed by atoms with Crippen molar-refractivity contribution in [3.05, 3.63) is 60.8 Å². The molecule has 1 aromatic heterocycles. The first-order valence-corrected chi connectivity index (χ1v) is 12.1. The topological polar surface area (TPSA) is 76.5 Å². The van der Waals surface area contributed by atoms with Crippen molar-refractivity contribution in [3.63, 3.8) is 0 Å². The first-order chi connectivity index (χ1) is 13.3. The van der Waals surface area contributed by atoms with Crippen LogP contribution in [0.5, 0.6) is 0 Å². The molecule has 2 heterocycles. The van der Waals surface area contributed by atoms with Crippen LogP contribution in [-0.2, 0) is 20.0 Å². The van der Waals surface area contributed by atoms with Gasteiger partial charge in [0.25, 0.3) is 10.0 Å². The average Bonchev–Trinajstić information content (AvgIpc) is 3.13. The smallest absolute Gasteiger partial charge is 0.241 e. The van der Waals surface area contributed by atoms with Gasteiger partial charge < -0.3 is 0 Å². The van der Waals surface area contributed by atoms with E-state index in [1.807, 2.05) is 0 Å². The fourth-order valence-corrected chi connectivity index (χ4v) is 6.43. The molecular formula is C20H22N2O4S2. The summed E-state index contributed by atoms with van der Waals surface area (Å²) in [6, 6.07) is 14.4. The average molecular weight is 419 g/mol. The highest BCUT2D eigenvalue weighted by molar-refractivity contribution is 7.90. The van der Waals surface area contributed by atoms with Gasteiger partial charge in [0.2, 0.25) is 10.0 Å². The van der Waals surface area contributed by atoms with Crippen LogP contribution in [0.2, 0.25) is 0 Å². The normalized spacial score (nSPS) is 17.2. The Morgan fingerprint density at radius 1 is 0.821 bits per heavy atom. The van der Waals surface area contributed by atoms with Crippen LogP contribution in [0.1, 0.15) is 19.8 Å². The summed E-state index contributed by atoms with van der Waals surface area (Å²) < 4.78 is 54.4. The zero-order valence-electron chi connectivity index (χ0n) is 15.5. The van der Waals surface area contributed by atoms with Crippen molar-refractivity contribution in [2.75, 3.05) is 13.1 Å². The zero-order valence-corrected chi connectivity index (χ0v) is 17.2. The Morgan fingerprint density at radius 2 is 1.50 bits per heavy atom. The van der Waals surface area contributed by atoms with Gasteiger partial charge in [-0.2, -0.15) is 4.31 Å². The van der Waals surface area contributed by atoms with Crippen molar-refractivity contribution < 1.29 is 16.8 Å². The van der Waals surface area contributed by atoms with Crippen molar-refractivity contribution >= 4 is 30.9 Å². The summed E-state index contributed by atoms with van der Waals surface area (Å²) in [6.45, 7) is 3.17. The van der Waals surface area contributed by atoms with E-state index in [9.17, 15) is 16.8 Å². The van der Waals surface area contributed by atoms with Gasteiger partial charge in [0.1, 0.15) is 0 Å². The van der Waals surface area contributed by atoms with Gasteiger partial charge in [-0.15, -0.1) is 0 Å². The number of aromatic nitrogens is 1. The maximum absolute atomic E-state index is 13.0. The molecule has 0 N–H and O–H groups in total. The lowest BCUT2D eigenvalue weighted by molar-refractivity contribution is 0.288. The Bertz CT molecular complexity index is 1210. The summed E-state index contributed by atoms with van der Waals surface area (Å²) in [6.07, 6.45) is 3.17. The molecule has 1 saturated heterocycles. The predicted octanol–water partition coefficient (Wildman–Crippen LogP) is 3.30. The lowest BCUT2D eigenvalue weighted by atomic mass is 10.0. The molecular weight excluding hydrogens is 396 g/mol. The molecule has 28 heavy (non-hydrogen) atoms.